The number of carboxylic acids is 1. The van der Waals surface area contributed by atoms with E-state index in [0.717, 1.165) is 9.37 Å². The quantitative estimate of drug-likeness (QED) is 0.429. The first kappa shape index (κ1) is 20.3. The van der Waals surface area contributed by atoms with Gasteiger partial charge in [-0.25, -0.2) is 14.5 Å². The molecule has 3 aromatic rings. The molecular formula is C22H13BrN2O6. The van der Waals surface area contributed by atoms with Crippen LogP contribution in [-0.2, 0) is 9.59 Å². The van der Waals surface area contributed by atoms with Crippen molar-refractivity contribution in [1.29, 1.82) is 0 Å². The van der Waals surface area contributed by atoms with Gasteiger partial charge in [0.05, 0.1) is 11.3 Å². The number of halogens is 1. The molecule has 2 heterocycles. The molecule has 0 atom stereocenters. The van der Waals surface area contributed by atoms with Crippen molar-refractivity contribution in [3.8, 4) is 11.3 Å². The first-order valence-electron chi connectivity index (χ1n) is 8.94. The Morgan fingerprint density at radius 1 is 1.03 bits per heavy atom. The van der Waals surface area contributed by atoms with E-state index in [1.54, 1.807) is 42.5 Å². The number of barbiturate groups is 1. The van der Waals surface area contributed by atoms with Crippen LogP contribution in [-0.4, -0.2) is 28.9 Å². The summed E-state index contributed by atoms with van der Waals surface area (Å²) in [5.74, 6) is -2.15. The lowest BCUT2D eigenvalue weighted by atomic mass is 10.1. The number of carbonyl (C=O) groups excluding carboxylic acids is 3. The number of amides is 4. The van der Waals surface area contributed by atoms with Crippen molar-refractivity contribution in [2.45, 2.75) is 0 Å². The number of aromatic carboxylic acids is 1. The van der Waals surface area contributed by atoms with Gasteiger partial charge in [0.25, 0.3) is 11.8 Å². The van der Waals surface area contributed by atoms with Crippen molar-refractivity contribution in [2.75, 3.05) is 4.90 Å². The zero-order valence-corrected chi connectivity index (χ0v) is 17.3. The van der Waals surface area contributed by atoms with Crippen LogP contribution in [0.2, 0.25) is 0 Å². The lowest BCUT2D eigenvalue weighted by Gasteiger charge is -2.26. The van der Waals surface area contributed by atoms with E-state index in [-0.39, 0.29) is 16.9 Å². The summed E-state index contributed by atoms with van der Waals surface area (Å²) in [5, 5.41) is 11.3. The second-order valence-electron chi connectivity index (χ2n) is 6.52. The number of imide groups is 2. The summed E-state index contributed by atoms with van der Waals surface area (Å²) in [6, 6.07) is 14.9. The van der Waals surface area contributed by atoms with Crippen LogP contribution in [0.1, 0.15) is 16.1 Å². The smallest absolute Gasteiger partial charge is 0.335 e. The second-order valence-corrected chi connectivity index (χ2v) is 7.44. The first-order chi connectivity index (χ1) is 14.8. The molecule has 2 N–H and O–H groups in total. The van der Waals surface area contributed by atoms with E-state index in [1.165, 1.54) is 24.3 Å². The molecule has 4 rings (SSSR count). The number of nitrogens with zero attached hydrogens (tertiary/aromatic N) is 1. The zero-order chi connectivity index (χ0) is 22.1. The van der Waals surface area contributed by atoms with E-state index < -0.39 is 23.8 Å². The van der Waals surface area contributed by atoms with Gasteiger partial charge in [-0.2, -0.15) is 0 Å². The molecule has 1 aliphatic heterocycles. The van der Waals surface area contributed by atoms with Crippen molar-refractivity contribution in [3.05, 3.63) is 82.0 Å². The maximum Gasteiger partial charge on any atom is 0.335 e. The predicted octanol–water partition coefficient (Wildman–Crippen LogP) is 4.07. The Balaban J connectivity index is 1.66. The Bertz CT molecular complexity index is 1260. The highest BCUT2D eigenvalue weighted by atomic mass is 79.9. The number of rotatable bonds is 4. The van der Waals surface area contributed by atoms with Gasteiger partial charge in [-0.3, -0.25) is 14.9 Å². The number of carboxylic acid groups (broad SMARTS) is 1. The lowest BCUT2D eigenvalue weighted by molar-refractivity contribution is -0.122. The molecule has 0 bridgehead atoms. The van der Waals surface area contributed by atoms with E-state index >= 15 is 0 Å². The Hall–Kier alpha value is -3.98. The highest BCUT2D eigenvalue weighted by Crippen LogP contribution is 2.27. The van der Waals surface area contributed by atoms with Crippen LogP contribution in [0.4, 0.5) is 10.5 Å². The number of benzene rings is 2. The fourth-order valence-corrected chi connectivity index (χ4v) is 3.28. The highest BCUT2D eigenvalue weighted by molar-refractivity contribution is 9.10. The lowest BCUT2D eigenvalue weighted by Crippen LogP contribution is -2.54. The zero-order valence-electron chi connectivity index (χ0n) is 15.7. The Morgan fingerprint density at radius 3 is 2.48 bits per heavy atom. The van der Waals surface area contributed by atoms with Gasteiger partial charge in [0.1, 0.15) is 17.1 Å². The van der Waals surface area contributed by atoms with Gasteiger partial charge in [-0.1, -0.05) is 28.1 Å². The average molecular weight is 481 g/mol. The van der Waals surface area contributed by atoms with Crippen LogP contribution < -0.4 is 10.2 Å². The van der Waals surface area contributed by atoms with Gasteiger partial charge < -0.3 is 9.52 Å². The van der Waals surface area contributed by atoms with Crippen molar-refractivity contribution < 1.29 is 28.7 Å². The molecule has 0 saturated carbocycles. The van der Waals surface area contributed by atoms with Crippen LogP contribution in [0.15, 0.2) is 75.1 Å². The summed E-state index contributed by atoms with van der Waals surface area (Å²) in [4.78, 5) is 49.4. The van der Waals surface area contributed by atoms with E-state index in [0.29, 0.717) is 17.0 Å². The van der Waals surface area contributed by atoms with Crippen LogP contribution in [0, 0.1) is 0 Å². The first-order valence-corrected chi connectivity index (χ1v) is 9.73. The molecule has 1 aliphatic rings. The fraction of sp³-hybridized carbons (Fsp3) is 0. The molecule has 0 spiro atoms. The summed E-state index contributed by atoms with van der Waals surface area (Å²) < 4.78 is 6.44. The van der Waals surface area contributed by atoms with Gasteiger partial charge in [0.15, 0.2) is 0 Å². The summed E-state index contributed by atoms with van der Waals surface area (Å²) in [6.45, 7) is 0. The number of urea groups is 1. The molecule has 31 heavy (non-hydrogen) atoms. The number of anilines is 1. The standard InChI is InChI=1S/C22H13BrN2O6/c23-14-4-6-15(7-5-14)25-20(27)17(19(26)24-22(25)30)11-16-8-9-18(31-16)12-2-1-3-13(10-12)21(28)29/h1-11H,(H,28,29)(H,24,26,30). The van der Waals surface area contributed by atoms with Gasteiger partial charge in [-0.05, 0) is 54.6 Å². The minimum Gasteiger partial charge on any atom is -0.478 e. The molecule has 0 radical (unpaired) electrons. The Morgan fingerprint density at radius 2 is 1.77 bits per heavy atom. The normalized spacial score (nSPS) is 15.3. The average Bonchev–Trinajstić information content (AvgIpc) is 3.21. The molecule has 9 heteroatoms. The second kappa shape index (κ2) is 8.04. The molecule has 0 aliphatic carbocycles. The van der Waals surface area contributed by atoms with Gasteiger partial charge in [0, 0.05) is 10.0 Å². The minimum atomic E-state index is -1.07. The Kier molecular flexibility index (Phi) is 5.26. The number of carbonyl (C=O) groups is 4. The minimum absolute atomic E-state index is 0.0966. The highest BCUT2D eigenvalue weighted by Gasteiger charge is 2.37. The van der Waals surface area contributed by atoms with Gasteiger partial charge in [0.2, 0.25) is 0 Å². The summed E-state index contributed by atoms with van der Waals surface area (Å²) in [7, 11) is 0. The number of furan rings is 1. The van der Waals surface area contributed by atoms with Crippen LogP contribution in [0.5, 0.6) is 0 Å². The Labute approximate surface area is 183 Å². The monoisotopic (exact) mass is 480 g/mol. The van der Waals surface area contributed by atoms with E-state index in [9.17, 15) is 19.2 Å². The topological polar surface area (TPSA) is 117 Å². The van der Waals surface area contributed by atoms with Crippen molar-refractivity contribution in [3.63, 3.8) is 0 Å². The van der Waals surface area contributed by atoms with Crippen LogP contribution >= 0.6 is 15.9 Å². The molecule has 1 saturated heterocycles. The third-order valence-corrected chi connectivity index (χ3v) is 5.02. The van der Waals surface area contributed by atoms with Crippen molar-refractivity contribution in [1.82, 2.24) is 5.32 Å². The summed E-state index contributed by atoms with van der Waals surface area (Å²) in [5.41, 5.74) is 0.646. The SMILES string of the molecule is O=C1NC(=O)N(c2ccc(Br)cc2)C(=O)C1=Cc1ccc(-c2cccc(C(=O)O)c2)o1. The van der Waals surface area contributed by atoms with E-state index in [1.807, 2.05) is 0 Å². The molecule has 4 amide bonds. The van der Waals surface area contributed by atoms with Crippen LogP contribution in [0.25, 0.3) is 17.4 Å². The number of hydrogen-bond acceptors (Lipinski definition) is 5. The van der Waals surface area contributed by atoms with Gasteiger partial charge in [-0.15, -0.1) is 0 Å². The van der Waals surface area contributed by atoms with E-state index in [4.69, 9.17) is 9.52 Å². The molecular weight excluding hydrogens is 468 g/mol. The third-order valence-electron chi connectivity index (χ3n) is 4.49. The fourth-order valence-electron chi connectivity index (χ4n) is 3.02. The number of nitrogens with one attached hydrogen (secondary N) is 1. The molecule has 154 valence electrons. The van der Waals surface area contributed by atoms with Crippen LogP contribution in [0.3, 0.4) is 0 Å². The molecule has 0 unspecified atom stereocenters. The molecule has 2 aromatic carbocycles. The summed E-state index contributed by atoms with van der Waals surface area (Å²) in [6.07, 6.45) is 1.24. The maximum absolute atomic E-state index is 12.9. The molecule has 1 aromatic heterocycles. The van der Waals surface area contributed by atoms with Gasteiger partial charge >= 0.3 is 12.0 Å². The number of hydrogen-bond donors (Lipinski definition) is 2. The third kappa shape index (κ3) is 4.03. The van der Waals surface area contributed by atoms with E-state index in [2.05, 4.69) is 21.2 Å². The molecule has 8 nitrogen and oxygen atoms in total. The van der Waals surface area contributed by atoms with Crippen molar-refractivity contribution in [2.24, 2.45) is 0 Å². The summed E-state index contributed by atoms with van der Waals surface area (Å²) >= 11 is 3.28. The predicted molar refractivity (Wildman–Crippen MR) is 114 cm³/mol. The maximum atomic E-state index is 12.9. The molecule has 1 fully saturated rings. The van der Waals surface area contributed by atoms with Crippen molar-refractivity contribution >= 4 is 51.5 Å². The largest absolute Gasteiger partial charge is 0.478 e.